The van der Waals surface area contributed by atoms with Crippen molar-refractivity contribution in [2.75, 3.05) is 18.4 Å². The maximum Gasteiger partial charge on any atom is 0.243 e. The SMILES string of the molecule is O=C(Nc1ccc(Cl)cc1Cl)[C@H]1CCCN(S(=O)(=O)c2ccc(Cl)cc2)C1. The van der Waals surface area contributed by atoms with Gasteiger partial charge in [0.2, 0.25) is 15.9 Å². The van der Waals surface area contributed by atoms with Gasteiger partial charge < -0.3 is 5.32 Å². The Morgan fingerprint density at radius 1 is 1.04 bits per heavy atom. The molecule has 0 saturated carbocycles. The number of amides is 1. The van der Waals surface area contributed by atoms with Gasteiger partial charge in [-0.15, -0.1) is 0 Å². The second-order valence-corrected chi connectivity index (χ2v) is 9.49. The van der Waals surface area contributed by atoms with E-state index in [4.69, 9.17) is 34.8 Å². The van der Waals surface area contributed by atoms with Crippen LogP contribution in [0.5, 0.6) is 0 Å². The molecule has 0 spiro atoms. The fraction of sp³-hybridized carbons (Fsp3) is 0.278. The third-order valence-electron chi connectivity index (χ3n) is 4.40. The lowest BCUT2D eigenvalue weighted by Gasteiger charge is -2.31. The molecule has 0 bridgehead atoms. The molecule has 1 N–H and O–H groups in total. The summed E-state index contributed by atoms with van der Waals surface area (Å²) >= 11 is 17.8. The van der Waals surface area contributed by atoms with E-state index in [0.717, 1.165) is 0 Å². The molecule has 3 rings (SSSR count). The second-order valence-electron chi connectivity index (χ2n) is 6.27. The van der Waals surface area contributed by atoms with Gasteiger partial charge in [0.25, 0.3) is 0 Å². The fourth-order valence-corrected chi connectivity index (χ4v) is 5.06. The van der Waals surface area contributed by atoms with Gasteiger partial charge in [-0.25, -0.2) is 8.42 Å². The van der Waals surface area contributed by atoms with Crippen LogP contribution in [-0.4, -0.2) is 31.7 Å². The molecule has 2 aromatic rings. The van der Waals surface area contributed by atoms with Crippen molar-refractivity contribution in [3.05, 3.63) is 57.5 Å². The molecule has 0 aromatic heterocycles. The van der Waals surface area contributed by atoms with E-state index in [-0.39, 0.29) is 17.3 Å². The molecule has 0 aliphatic carbocycles. The Labute approximate surface area is 173 Å². The largest absolute Gasteiger partial charge is 0.324 e. The summed E-state index contributed by atoms with van der Waals surface area (Å²) in [6, 6.07) is 10.8. The van der Waals surface area contributed by atoms with Gasteiger partial charge in [0.1, 0.15) is 0 Å². The van der Waals surface area contributed by atoms with Crippen LogP contribution in [0.3, 0.4) is 0 Å². The average Bonchev–Trinajstić information content (AvgIpc) is 2.64. The second kappa shape index (κ2) is 8.37. The molecule has 27 heavy (non-hydrogen) atoms. The molecule has 0 radical (unpaired) electrons. The van der Waals surface area contributed by atoms with Crippen molar-refractivity contribution in [2.24, 2.45) is 5.92 Å². The average molecular weight is 448 g/mol. The van der Waals surface area contributed by atoms with Crippen molar-refractivity contribution in [3.8, 4) is 0 Å². The third kappa shape index (κ3) is 4.76. The van der Waals surface area contributed by atoms with Crippen LogP contribution in [0.25, 0.3) is 0 Å². The summed E-state index contributed by atoms with van der Waals surface area (Å²) in [6.45, 7) is 0.485. The van der Waals surface area contributed by atoms with Crippen LogP contribution in [0.4, 0.5) is 5.69 Å². The van der Waals surface area contributed by atoms with E-state index in [0.29, 0.717) is 40.1 Å². The Kier molecular flexibility index (Phi) is 6.33. The molecule has 1 amide bonds. The van der Waals surface area contributed by atoms with Crippen molar-refractivity contribution >= 4 is 56.4 Å². The number of halogens is 3. The summed E-state index contributed by atoms with van der Waals surface area (Å²) < 4.78 is 27.0. The highest BCUT2D eigenvalue weighted by atomic mass is 35.5. The summed E-state index contributed by atoms with van der Waals surface area (Å²) in [6.07, 6.45) is 1.20. The lowest BCUT2D eigenvalue weighted by Crippen LogP contribution is -2.43. The number of hydrogen-bond donors (Lipinski definition) is 1. The number of nitrogens with zero attached hydrogens (tertiary/aromatic N) is 1. The maximum absolute atomic E-state index is 12.8. The number of carbonyl (C=O) groups is 1. The number of hydrogen-bond acceptors (Lipinski definition) is 3. The lowest BCUT2D eigenvalue weighted by molar-refractivity contribution is -0.120. The van der Waals surface area contributed by atoms with E-state index in [1.165, 1.54) is 34.6 Å². The number of benzene rings is 2. The molecule has 1 saturated heterocycles. The summed E-state index contributed by atoms with van der Waals surface area (Å²) in [4.78, 5) is 12.8. The van der Waals surface area contributed by atoms with Crippen molar-refractivity contribution in [2.45, 2.75) is 17.7 Å². The Bertz CT molecular complexity index is 949. The van der Waals surface area contributed by atoms with Crippen LogP contribution in [-0.2, 0) is 14.8 Å². The van der Waals surface area contributed by atoms with Crippen molar-refractivity contribution in [1.29, 1.82) is 0 Å². The summed E-state index contributed by atoms with van der Waals surface area (Å²) in [5, 5.41) is 4.02. The summed E-state index contributed by atoms with van der Waals surface area (Å²) in [5.41, 5.74) is 0.448. The molecule has 9 heteroatoms. The summed E-state index contributed by atoms with van der Waals surface area (Å²) in [5.74, 6) is -0.734. The Morgan fingerprint density at radius 3 is 2.37 bits per heavy atom. The van der Waals surface area contributed by atoms with Crippen molar-refractivity contribution in [3.63, 3.8) is 0 Å². The first-order valence-corrected chi connectivity index (χ1v) is 10.9. The Hall–Kier alpha value is -1.31. The van der Waals surface area contributed by atoms with Gasteiger partial charge in [-0.1, -0.05) is 34.8 Å². The normalized spacial score (nSPS) is 18.3. The third-order valence-corrected chi connectivity index (χ3v) is 7.07. The van der Waals surface area contributed by atoms with Gasteiger partial charge in [0.05, 0.1) is 21.5 Å². The number of rotatable bonds is 4. The first-order valence-electron chi connectivity index (χ1n) is 8.29. The first kappa shape index (κ1) is 20.4. The van der Waals surface area contributed by atoms with Crippen LogP contribution < -0.4 is 5.32 Å². The predicted molar refractivity (Wildman–Crippen MR) is 108 cm³/mol. The van der Waals surface area contributed by atoms with Gasteiger partial charge >= 0.3 is 0 Å². The number of nitrogens with one attached hydrogen (secondary N) is 1. The van der Waals surface area contributed by atoms with Crippen molar-refractivity contribution in [1.82, 2.24) is 4.31 Å². The Balaban J connectivity index is 1.73. The van der Waals surface area contributed by atoms with Gasteiger partial charge in [0.15, 0.2) is 0 Å². The number of anilines is 1. The molecule has 5 nitrogen and oxygen atoms in total. The molecule has 1 atom stereocenters. The predicted octanol–water partition coefficient (Wildman–Crippen LogP) is 4.69. The number of sulfonamides is 1. The van der Waals surface area contributed by atoms with E-state index in [1.807, 2.05) is 0 Å². The van der Waals surface area contributed by atoms with Crippen LogP contribution in [0.15, 0.2) is 47.4 Å². The van der Waals surface area contributed by atoms with E-state index in [1.54, 1.807) is 12.1 Å². The highest BCUT2D eigenvalue weighted by Crippen LogP contribution is 2.28. The minimum atomic E-state index is -3.68. The lowest BCUT2D eigenvalue weighted by atomic mass is 9.99. The zero-order chi connectivity index (χ0) is 19.6. The molecule has 1 fully saturated rings. The molecular weight excluding hydrogens is 431 g/mol. The molecule has 0 unspecified atom stereocenters. The molecule has 1 aliphatic heterocycles. The van der Waals surface area contributed by atoms with E-state index >= 15 is 0 Å². The molecule has 1 heterocycles. The smallest absolute Gasteiger partial charge is 0.243 e. The van der Waals surface area contributed by atoms with Crippen LogP contribution in [0.2, 0.25) is 15.1 Å². The van der Waals surface area contributed by atoms with Crippen LogP contribution >= 0.6 is 34.8 Å². The Morgan fingerprint density at radius 2 is 1.70 bits per heavy atom. The van der Waals surface area contributed by atoms with E-state index in [9.17, 15) is 13.2 Å². The molecular formula is C18H17Cl3N2O3S. The monoisotopic (exact) mass is 446 g/mol. The molecule has 144 valence electrons. The van der Waals surface area contributed by atoms with E-state index < -0.39 is 15.9 Å². The fourth-order valence-electron chi connectivity index (χ4n) is 2.96. The highest BCUT2D eigenvalue weighted by Gasteiger charge is 2.33. The minimum absolute atomic E-state index is 0.113. The number of piperidine rings is 1. The van der Waals surface area contributed by atoms with E-state index in [2.05, 4.69) is 5.32 Å². The highest BCUT2D eigenvalue weighted by molar-refractivity contribution is 7.89. The summed E-state index contributed by atoms with van der Waals surface area (Å²) in [7, 11) is -3.68. The zero-order valence-corrected chi connectivity index (χ0v) is 17.2. The van der Waals surface area contributed by atoms with Crippen molar-refractivity contribution < 1.29 is 13.2 Å². The first-order chi connectivity index (χ1) is 12.8. The van der Waals surface area contributed by atoms with Crippen LogP contribution in [0, 0.1) is 5.92 Å². The molecule has 1 aliphatic rings. The quantitative estimate of drug-likeness (QED) is 0.739. The van der Waals surface area contributed by atoms with Gasteiger partial charge in [-0.2, -0.15) is 4.31 Å². The number of carbonyl (C=O) groups excluding carboxylic acids is 1. The topological polar surface area (TPSA) is 66.5 Å². The van der Waals surface area contributed by atoms with Gasteiger partial charge in [0, 0.05) is 23.1 Å². The standard InChI is InChI=1S/C18H17Cl3N2O3S/c19-13-3-6-15(7-4-13)27(25,26)23-9-1-2-12(11-23)18(24)22-17-8-5-14(20)10-16(17)21/h3-8,10,12H,1-2,9,11H2,(H,22,24)/t12-/m0/s1. The van der Waals surface area contributed by atoms with Gasteiger partial charge in [-0.3, -0.25) is 4.79 Å². The van der Waals surface area contributed by atoms with Crippen LogP contribution in [0.1, 0.15) is 12.8 Å². The zero-order valence-electron chi connectivity index (χ0n) is 14.2. The van der Waals surface area contributed by atoms with Gasteiger partial charge in [-0.05, 0) is 55.3 Å². The minimum Gasteiger partial charge on any atom is -0.324 e. The maximum atomic E-state index is 12.8. The molecule has 2 aromatic carbocycles.